The van der Waals surface area contributed by atoms with Crippen molar-refractivity contribution in [3.05, 3.63) is 52.2 Å². The van der Waals surface area contributed by atoms with Gasteiger partial charge in [-0.1, -0.05) is 12.1 Å². The Morgan fingerprint density at radius 2 is 2.00 bits per heavy atom. The Morgan fingerprint density at radius 1 is 1.19 bits per heavy atom. The van der Waals surface area contributed by atoms with E-state index in [0.29, 0.717) is 11.8 Å². The number of rotatable bonds is 9. The Kier molecular flexibility index (Phi) is 7.10. The van der Waals surface area contributed by atoms with Crippen LogP contribution in [0.25, 0.3) is 0 Å². The molecule has 1 aliphatic carbocycles. The largest absolute Gasteiger partial charge is 0.484 e. The minimum absolute atomic E-state index is 0.0490. The summed E-state index contributed by atoms with van der Waals surface area (Å²) in [7, 11) is 1.77. The molecule has 1 aromatic carbocycles. The molecule has 1 fully saturated rings. The van der Waals surface area contributed by atoms with Gasteiger partial charge in [0.1, 0.15) is 5.75 Å². The first-order chi connectivity index (χ1) is 13.2. The van der Waals surface area contributed by atoms with E-state index in [1.54, 1.807) is 18.4 Å². The highest BCUT2D eigenvalue weighted by Gasteiger charge is 2.23. The van der Waals surface area contributed by atoms with Gasteiger partial charge in [-0.2, -0.15) is 11.3 Å². The second kappa shape index (κ2) is 9.97. The standard InChI is InChI=1S/C20H26N4O2S/c1-21-20(23-12-16-9-11-27-14-16)22-10-8-15-2-6-18(7-3-15)26-13-19(25)24-17-4-5-17/h2-3,6-7,9,11,14,17H,4-5,8,10,12-13H2,1H3,(H,24,25)(H2,21,22,23). The fourth-order valence-electron chi connectivity index (χ4n) is 2.52. The highest BCUT2D eigenvalue weighted by Crippen LogP contribution is 2.18. The van der Waals surface area contributed by atoms with Crippen LogP contribution in [-0.2, 0) is 17.8 Å². The maximum atomic E-state index is 11.6. The number of thiophene rings is 1. The van der Waals surface area contributed by atoms with Crippen LogP contribution in [0.3, 0.4) is 0 Å². The molecule has 1 aromatic heterocycles. The molecular weight excluding hydrogens is 360 g/mol. The molecule has 1 heterocycles. The number of benzene rings is 1. The summed E-state index contributed by atoms with van der Waals surface area (Å²) in [4.78, 5) is 15.9. The third kappa shape index (κ3) is 6.94. The van der Waals surface area contributed by atoms with Crippen molar-refractivity contribution >= 4 is 23.2 Å². The van der Waals surface area contributed by atoms with Gasteiger partial charge in [-0.25, -0.2) is 0 Å². The van der Waals surface area contributed by atoms with Crippen LogP contribution in [0.1, 0.15) is 24.0 Å². The van der Waals surface area contributed by atoms with Crippen molar-refractivity contribution in [2.45, 2.75) is 31.8 Å². The molecule has 0 bridgehead atoms. The van der Waals surface area contributed by atoms with Gasteiger partial charge in [-0.05, 0) is 59.3 Å². The van der Waals surface area contributed by atoms with Crippen LogP contribution in [0.15, 0.2) is 46.1 Å². The number of guanidine groups is 1. The zero-order chi connectivity index (χ0) is 18.9. The number of nitrogens with one attached hydrogen (secondary N) is 3. The molecule has 7 heteroatoms. The summed E-state index contributed by atoms with van der Waals surface area (Å²) >= 11 is 1.69. The second-order valence-electron chi connectivity index (χ2n) is 6.51. The van der Waals surface area contributed by atoms with Gasteiger partial charge < -0.3 is 20.7 Å². The van der Waals surface area contributed by atoms with Crippen LogP contribution < -0.4 is 20.7 Å². The number of aliphatic imine (C=N–C) groups is 1. The first-order valence-corrected chi connectivity index (χ1v) is 10.1. The Morgan fingerprint density at radius 3 is 2.67 bits per heavy atom. The summed E-state index contributed by atoms with van der Waals surface area (Å²) in [5, 5.41) is 13.7. The van der Waals surface area contributed by atoms with Gasteiger partial charge in [-0.15, -0.1) is 0 Å². The fourth-order valence-corrected chi connectivity index (χ4v) is 3.19. The summed E-state index contributed by atoms with van der Waals surface area (Å²) in [5.74, 6) is 1.46. The predicted octanol–water partition coefficient (Wildman–Crippen LogP) is 2.31. The van der Waals surface area contributed by atoms with Crippen molar-refractivity contribution in [3.63, 3.8) is 0 Å². The van der Waals surface area contributed by atoms with Crippen molar-refractivity contribution in [1.82, 2.24) is 16.0 Å². The molecule has 2 aromatic rings. The average Bonchev–Trinajstić information content (AvgIpc) is 3.34. The smallest absolute Gasteiger partial charge is 0.258 e. The molecule has 0 saturated heterocycles. The van der Waals surface area contributed by atoms with Crippen molar-refractivity contribution in [2.24, 2.45) is 4.99 Å². The molecule has 1 amide bonds. The summed E-state index contributed by atoms with van der Waals surface area (Å²) in [6.45, 7) is 1.63. The number of hydrogen-bond donors (Lipinski definition) is 3. The zero-order valence-electron chi connectivity index (χ0n) is 15.5. The van der Waals surface area contributed by atoms with Crippen molar-refractivity contribution in [2.75, 3.05) is 20.2 Å². The van der Waals surface area contributed by atoms with Crippen LogP contribution in [0.5, 0.6) is 5.75 Å². The maximum Gasteiger partial charge on any atom is 0.258 e. The van der Waals surface area contributed by atoms with Crippen molar-refractivity contribution in [3.8, 4) is 5.75 Å². The van der Waals surface area contributed by atoms with Gasteiger partial charge in [0.2, 0.25) is 0 Å². The number of nitrogens with zero attached hydrogens (tertiary/aromatic N) is 1. The SMILES string of the molecule is CN=C(NCCc1ccc(OCC(=O)NC2CC2)cc1)NCc1ccsc1. The number of ether oxygens (including phenoxy) is 1. The van der Waals surface area contributed by atoms with Crippen LogP contribution >= 0.6 is 11.3 Å². The van der Waals surface area contributed by atoms with Crippen LogP contribution in [0.4, 0.5) is 0 Å². The number of carbonyl (C=O) groups is 1. The average molecular weight is 387 g/mol. The molecule has 3 N–H and O–H groups in total. The molecule has 1 aliphatic rings. The van der Waals surface area contributed by atoms with Gasteiger partial charge in [0, 0.05) is 26.2 Å². The zero-order valence-corrected chi connectivity index (χ0v) is 16.3. The van der Waals surface area contributed by atoms with E-state index in [4.69, 9.17) is 4.74 Å². The summed E-state index contributed by atoms with van der Waals surface area (Å²) in [6.07, 6.45) is 3.05. The van der Waals surface area contributed by atoms with Crippen LogP contribution in [-0.4, -0.2) is 38.1 Å². The molecule has 0 atom stereocenters. The van der Waals surface area contributed by atoms with E-state index in [1.807, 2.05) is 24.3 Å². The van der Waals surface area contributed by atoms with E-state index in [2.05, 4.69) is 37.8 Å². The summed E-state index contributed by atoms with van der Waals surface area (Å²) in [6, 6.07) is 10.3. The minimum Gasteiger partial charge on any atom is -0.484 e. The number of hydrogen-bond acceptors (Lipinski definition) is 4. The molecule has 0 unspecified atom stereocenters. The highest BCUT2D eigenvalue weighted by atomic mass is 32.1. The van der Waals surface area contributed by atoms with Crippen LogP contribution in [0.2, 0.25) is 0 Å². The molecule has 0 aliphatic heterocycles. The van der Waals surface area contributed by atoms with Gasteiger partial charge in [0.15, 0.2) is 12.6 Å². The number of carbonyl (C=O) groups excluding carboxylic acids is 1. The first-order valence-electron chi connectivity index (χ1n) is 9.19. The lowest BCUT2D eigenvalue weighted by molar-refractivity contribution is -0.123. The van der Waals surface area contributed by atoms with Crippen molar-refractivity contribution in [1.29, 1.82) is 0 Å². The van der Waals surface area contributed by atoms with Crippen LogP contribution in [0, 0.1) is 0 Å². The monoisotopic (exact) mass is 386 g/mol. The molecule has 144 valence electrons. The maximum absolute atomic E-state index is 11.6. The predicted molar refractivity (Wildman–Crippen MR) is 109 cm³/mol. The molecule has 3 rings (SSSR count). The van der Waals surface area contributed by atoms with E-state index in [1.165, 1.54) is 11.1 Å². The van der Waals surface area contributed by atoms with Gasteiger partial charge in [0.05, 0.1) is 0 Å². The third-order valence-electron chi connectivity index (χ3n) is 4.21. The molecule has 27 heavy (non-hydrogen) atoms. The minimum atomic E-state index is -0.0490. The number of amides is 1. The second-order valence-corrected chi connectivity index (χ2v) is 7.29. The summed E-state index contributed by atoms with van der Waals surface area (Å²) < 4.78 is 5.52. The summed E-state index contributed by atoms with van der Waals surface area (Å²) in [5.41, 5.74) is 2.45. The van der Waals surface area contributed by atoms with E-state index < -0.39 is 0 Å². The lowest BCUT2D eigenvalue weighted by atomic mass is 10.1. The van der Waals surface area contributed by atoms with Gasteiger partial charge >= 0.3 is 0 Å². The lowest BCUT2D eigenvalue weighted by Gasteiger charge is -2.11. The van der Waals surface area contributed by atoms with E-state index >= 15 is 0 Å². The topological polar surface area (TPSA) is 74.8 Å². The third-order valence-corrected chi connectivity index (χ3v) is 4.94. The van der Waals surface area contributed by atoms with E-state index in [-0.39, 0.29) is 12.5 Å². The molecule has 0 spiro atoms. The highest BCUT2D eigenvalue weighted by molar-refractivity contribution is 7.07. The normalized spacial score (nSPS) is 13.9. The quantitative estimate of drug-likeness (QED) is 0.457. The molecule has 0 radical (unpaired) electrons. The lowest BCUT2D eigenvalue weighted by Crippen LogP contribution is -2.37. The van der Waals surface area contributed by atoms with Crippen molar-refractivity contribution < 1.29 is 9.53 Å². The Labute approximate surface area is 164 Å². The molecule has 6 nitrogen and oxygen atoms in total. The fraction of sp³-hybridized carbons (Fsp3) is 0.400. The Balaban J connectivity index is 1.34. The Bertz CT molecular complexity index is 740. The molecule has 1 saturated carbocycles. The van der Waals surface area contributed by atoms with Gasteiger partial charge in [0.25, 0.3) is 5.91 Å². The van der Waals surface area contributed by atoms with E-state index in [9.17, 15) is 4.79 Å². The Hall–Kier alpha value is -2.54. The van der Waals surface area contributed by atoms with Gasteiger partial charge in [-0.3, -0.25) is 9.79 Å². The first kappa shape index (κ1) is 19.2. The van der Waals surface area contributed by atoms with E-state index in [0.717, 1.165) is 38.3 Å². The molecular formula is C20H26N4O2S.